The van der Waals surface area contributed by atoms with Crippen LogP contribution in [-0.2, 0) is 11.3 Å². The van der Waals surface area contributed by atoms with E-state index in [-0.39, 0.29) is 23.9 Å². The molecule has 0 bridgehead atoms. The van der Waals surface area contributed by atoms with Crippen LogP contribution < -0.4 is 15.9 Å². The van der Waals surface area contributed by atoms with Crippen LogP contribution in [0.1, 0.15) is 36.2 Å². The highest BCUT2D eigenvalue weighted by atomic mass is 31.1. The van der Waals surface area contributed by atoms with Crippen LogP contribution in [0.25, 0.3) is 10.9 Å². The zero-order chi connectivity index (χ0) is 23.0. The van der Waals surface area contributed by atoms with Crippen molar-refractivity contribution < 1.29 is 18.0 Å². The third-order valence-corrected chi connectivity index (χ3v) is 6.74. The third kappa shape index (κ3) is 4.70. The SMILES string of the molecule is Cc1nc(NCc2cccc(C(F)F)c2F)c2cc(P(C)C)c(NC(=O)C3CC3)cc2n1. The Kier molecular flexibility index (Phi) is 6.33. The average molecular weight is 460 g/mol. The lowest BCUT2D eigenvalue weighted by Gasteiger charge is -2.17. The number of benzene rings is 2. The number of nitrogens with one attached hydrogen (secondary N) is 2. The monoisotopic (exact) mass is 460 g/mol. The van der Waals surface area contributed by atoms with Crippen molar-refractivity contribution in [2.45, 2.75) is 32.7 Å². The lowest BCUT2D eigenvalue weighted by molar-refractivity contribution is -0.117. The summed E-state index contributed by atoms with van der Waals surface area (Å²) in [7, 11) is -0.550. The van der Waals surface area contributed by atoms with E-state index in [1.54, 1.807) is 6.92 Å². The van der Waals surface area contributed by atoms with E-state index in [0.717, 1.165) is 35.3 Å². The van der Waals surface area contributed by atoms with Gasteiger partial charge in [0.15, 0.2) is 0 Å². The fraction of sp³-hybridized carbons (Fsp3) is 0.348. The molecule has 5 nitrogen and oxygen atoms in total. The molecule has 1 fully saturated rings. The molecule has 1 aromatic heterocycles. The van der Waals surface area contributed by atoms with E-state index in [1.807, 2.05) is 12.1 Å². The minimum absolute atomic E-state index is 0.000456. The van der Waals surface area contributed by atoms with Gasteiger partial charge in [0.1, 0.15) is 17.5 Å². The van der Waals surface area contributed by atoms with Crippen LogP contribution in [0.3, 0.4) is 0 Å². The van der Waals surface area contributed by atoms with Gasteiger partial charge >= 0.3 is 0 Å². The van der Waals surface area contributed by atoms with E-state index in [1.165, 1.54) is 12.1 Å². The Morgan fingerprint density at radius 1 is 1.22 bits per heavy atom. The summed E-state index contributed by atoms with van der Waals surface area (Å²) in [5.41, 5.74) is 0.918. The number of halogens is 3. The molecule has 2 N–H and O–H groups in total. The fourth-order valence-electron chi connectivity index (χ4n) is 3.55. The Morgan fingerprint density at radius 2 is 1.97 bits per heavy atom. The molecule has 1 aliphatic rings. The lowest BCUT2D eigenvalue weighted by atomic mass is 10.1. The summed E-state index contributed by atoms with van der Waals surface area (Å²) in [6.07, 6.45) is -1.04. The number of carbonyl (C=O) groups is 1. The maximum absolute atomic E-state index is 14.4. The van der Waals surface area contributed by atoms with Crippen molar-refractivity contribution in [1.29, 1.82) is 0 Å². The molecule has 32 heavy (non-hydrogen) atoms. The summed E-state index contributed by atoms with van der Waals surface area (Å²) in [6.45, 7) is 5.93. The zero-order valence-electron chi connectivity index (χ0n) is 18.0. The Morgan fingerprint density at radius 3 is 2.62 bits per heavy atom. The molecule has 9 heteroatoms. The van der Waals surface area contributed by atoms with Gasteiger partial charge in [-0.1, -0.05) is 26.1 Å². The number of hydrogen-bond donors (Lipinski definition) is 2. The highest BCUT2D eigenvalue weighted by Crippen LogP contribution is 2.35. The number of anilines is 2. The van der Waals surface area contributed by atoms with Crippen LogP contribution in [0, 0.1) is 18.7 Å². The molecule has 0 aliphatic heterocycles. The summed E-state index contributed by atoms with van der Waals surface area (Å²) in [6, 6.07) is 7.78. The molecule has 1 amide bonds. The average Bonchev–Trinajstić information content (AvgIpc) is 3.57. The number of alkyl halides is 2. The standard InChI is InChI=1S/C23H24F3N4OP/c1-12-28-17-10-18(30-23(31)13-7-8-13)19(32(2)3)9-16(17)22(29-12)27-11-14-5-4-6-15(20(14)24)21(25)26/h4-6,9-10,13,21H,7-8,11H2,1-3H3,(H,30,31)(H,27,28,29). The quantitative estimate of drug-likeness (QED) is 0.467. The van der Waals surface area contributed by atoms with Crippen LogP contribution in [0.2, 0.25) is 0 Å². The van der Waals surface area contributed by atoms with E-state index in [0.29, 0.717) is 17.2 Å². The highest BCUT2D eigenvalue weighted by molar-refractivity contribution is 7.64. The third-order valence-electron chi connectivity index (χ3n) is 5.40. The van der Waals surface area contributed by atoms with Crippen LogP contribution in [0.4, 0.5) is 24.7 Å². The first-order valence-corrected chi connectivity index (χ1v) is 12.6. The van der Waals surface area contributed by atoms with Gasteiger partial charge in [-0.3, -0.25) is 4.79 Å². The topological polar surface area (TPSA) is 66.9 Å². The maximum atomic E-state index is 14.4. The predicted molar refractivity (Wildman–Crippen MR) is 123 cm³/mol. The second-order valence-corrected chi connectivity index (χ2v) is 10.4. The van der Waals surface area contributed by atoms with Crippen molar-refractivity contribution in [3.8, 4) is 0 Å². The molecule has 1 saturated carbocycles. The second-order valence-electron chi connectivity index (χ2n) is 8.14. The minimum atomic E-state index is -2.88. The Bertz CT molecular complexity index is 1180. The number of rotatable bonds is 7. The van der Waals surface area contributed by atoms with E-state index >= 15 is 0 Å². The van der Waals surface area contributed by atoms with E-state index in [2.05, 4.69) is 33.9 Å². The van der Waals surface area contributed by atoms with Crippen LogP contribution in [-0.4, -0.2) is 29.2 Å². The van der Waals surface area contributed by atoms with Gasteiger partial charge in [0.05, 0.1) is 16.8 Å². The van der Waals surface area contributed by atoms with Gasteiger partial charge in [-0.25, -0.2) is 23.1 Å². The van der Waals surface area contributed by atoms with Crippen molar-refractivity contribution in [1.82, 2.24) is 9.97 Å². The maximum Gasteiger partial charge on any atom is 0.266 e. The number of hydrogen-bond acceptors (Lipinski definition) is 4. The van der Waals surface area contributed by atoms with Crippen LogP contribution in [0.5, 0.6) is 0 Å². The van der Waals surface area contributed by atoms with Gasteiger partial charge in [0.25, 0.3) is 6.43 Å². The first-order chi connectivity index (χ1) is 15.2. The van der Waals surface area contributed by atoms with Crippen molar-refractivity contribution in [2.24, 2.45) is 5.92 Å². The van der Waals surface area contributed by atoms with Crippen molar-refractivity contribution >= 4 is 41.5 Å². The second kappa shape index (κ2) is 9.02. The first-order valence-electron chi connectivity index (χ1n) is 10.3. The molecule has 0 saturated heterocycles. The fourth-order valence-corrected chi connectivity index (χ4v) is 4.54. The Balaban J connectivity index is 1.69. The molecule has 1 heterocycles. The number of aromatic nitrogens is 2. The number of carbonyl (C=O) groups excluding carboxylic acids is 1. The molecular weight excluding hydrogens is 436 g/mol. The van der Waals surface area contributed by atoms with Gasteiger partial charge in [0.2, 0.25) is 5.91 Å². The molecule has 0 spiro atoms. The molecule has 0 atom stereocenters. The number of amides is 1. The van der Waals surface area contributed by atoms with E-state index in [9.17, 15) is 18.0 Å². The van der Waals surface area contributed by atoms with Gasteiger partial charge in [0, 0.05) is 23.4 Å². The summed E-state index contributed by atoms with van der Waals surface area (Å²) in [5.74, 6) is 0.195. The zero-order valence-corrected chi connectivity index (χ0v) is 18.9. The van der Waals surface area contributed by atoms with Crippen molar-refractivity contribution in [3.63, 3.8) is 0 Å². The molecule has 0 radical (unpaired) electrons. The molecule has 0 unspecified atom stereocenters. The molecule has 2 aromatic carbocycles. The first kappa shape index (κ1) is 22.5. The molecule has 3 aromatic rings. The number of fused-ring (bicyclic) bond motifs is 1. The summed E-state index contributed by atoms with van der Waals surface area (Å²) >= 11 is 0. The Hall–Kier alpha value is -2.73. The molecule has 4 rings (SSSR count). The molecule has 1 aliphatic carbocycles. The van der Waals surface area contributed by atoms with Crippen LogP contribution in [0.15, 0.2) is 30.3 Å². The van der Waals surface area contributed by atoms with Gasteiger partial charge in [-0.2, -0.15) is 0 Å². The summed E-state index contributed by atoms with van der Waals surface area (Å²) < 4.78 is 40.5. The summed E-state index contributed by atoms with van der Waals surface area (Å²) in [4.78, 5) is 21.3. The van der Waals surface area contributed by atoms with Gasteiger partial charge in [-0.05, 0) is 50.5 Å². The predicted octanol–water partition coefficient (Wildman–Crippen LogP) is 5.34. The normalized spacial score (nSPS) is 13.8. The Labute approximate surface area is 185 Å². The summed E-state index contributed by atoms with van der Waals surface area (Å²) in [5, 5.41) is 7.87. The highest BCUT2D eigenvalue weighted by Gasteiger charge is 2.30. The van der Waals surface area contributed by atoms with E-state index in [4.69, 9.17) is 0 Å². The van der Waals surface area contributed by atoms with Crippen molar-refractivity contribution in [2.75, 3.05) is 24.0 Å². The lowest BCUT2D eigenvalue weighted by Crippen LogP contribution is -2.19. The number of nitrogens with zero attached hydrogens (tertiary/aromatic N) is 2. The molecule has 168 valence electrons. The minimum Gasteiger partial charge on any atom is -0.365 e. The van der Waals surface area contributed by atoms with Crippen LogP contribution >= 0.6 is 7.92 Å². The van der Waals surface area contributed by atoms with Gasteiger partial charge < -0.3 is 10.6 Å². The van der Waals surface area contributed by atoms with Crippen molar-refractivity contribution in [3.05, 3.63) is 53.1 Å². The largest absolute Gasteiger partial charge is 0.365 e. The smallest absolute Gasteiger partial charge is 0.266 e. The van der Waals surface area contributed by atoms with Gasteiger partial charge in [-0.15, -0.1) is 0 Å². The number of aryl methyl sites for hydroxylation is 1. The van der Waals surface area contributed by atoms with E-state index < -0.39 is 25.7 Å². The molecular formula is C23H24F3N4OP.